The highest BCUT2D eigenvalue weighted by molar-refractivity contribution is 6.33. The van der Waals surface area contributed by atoms with E-state index in [1.807, 2.05) is 38.1 Å². The molecule has 5 aliphatic heterocycles. The highest BCUT2D eigenvalue weighted by atomic mass is 35.5. The molecule has 1 unspecified atom stereocenters. The lowest BCUT2D eigenvalue weighted by Crippen LogP contribution is -2.61. The Hall–Kier alpha value is -6.07. The normalized spacial score (nSPS) is 20.3. The Morgan fingerprint density at radius 1 is 0.968 bits per heavy atom. The van der Waals surface area contributed by atoms with Crippen molar-refractivity contribution < 1.29 is 28.7 Å². The fraction of sp³-hybridized carbons (Fsp3) is 0.467. The lowest BCUT2D eigenvalue weighted by Gasteiger charge is -2.55. The Morgan fingerprint density at radius 2 is 1.73 bits per heavy atom. The molecule has 18 heteroatoms. The van der Waals surface area contributed by atoms with Gasteiger partial charge in [-0.1, -0.05) is 17.7 Å². The van der Waals surface area contributed by atoms with Gasteiger partial charge in [0, 0.05) is 76.4 Å². The number of likely N-dealkylation sites (tertiary alicyclic amines) is 1. The van der Waals surface area contributed by atoms with Gasteiger partial charge in [-0.15, -0.1) is 0 Å². The minimum absolute atomic E-state index is 0.0865. The van der Waals surface area contributed by atoms with Gasteiger partial charge in [0.15, 0.2) is 18.2 Å². The van der Waals surface area contributed by atoms with E-state index in [-0.39, 0.29) is 48.1 Å². The molecule has 7 heterocycles. The number of imide groups is 2. The number of carbonyl (C=O) groups excluding carboxylic acids is 5. The van der Waals surface area contributed by atoms with E-state index in [0.717, 1.165) is 93.0 Å². The zero-order valence-electron chi connectivity index (χ0n) is 35.6. The van der Waals surface area contributed by atoms with Crippen LogP contribution in [0.25, 0.3) is 10.9 Å². The van der Waals surface area contributed by atoms with Crippen LogP contribution in [0, 0.1) is 11.3 Å². The number of amides is 5. The molecule has 17 nitrogen and oxygen atoms in total. The Balaban J connectivity index is 0.778. The second kappa shape index (κ2) is 16.9. The smallest absolute Gasteiger partial charge is 0.293 e. The van der Waals surface area contributed by atoms with Gasteiger partial charge in [0.25, 0.3) is 23.3 Å². The summed E-state index contributed by atoms with van der Waals surface area (Å²) in [6, 6.07) is 11.5. The first-order valence-corrected chi connectivity index (χ1v) is 22.1. The largest absolute Gasteiger partial charge is 0.478 e. The molecule has 2 aromatic heterocycles. The van der Waals surface area contributed by atoms with Gasteiger partial charge in [-0.3, -0.25) is 39.0 Å². The Kier molecular flexibility index (Phi) is 11.3. The number of carbonyl (C=O) groups is 5. The highest BCUT2D eigenvalue weighted by Crippen LogP contribution is 2.44. The fourth-order valence-electron chi connectivity index (χ4n) is 9.98. The molecular formula is C45H51ClN10O7. The molecule has 5 aliphatic rings. The van der Waals surface area contributed by atoms with Crippen molar-refractivity contribution in [3.63, 3.8) is 0 Å². The number of nitrogens with one attached hydrogen (secondary N) is 3. The van der Waals surface area contributed by atoms with Crippen LogP contribution in [-0.2, 0) is 14.4 Å². The zero-order chi connectivity index (χ0) is 44.2. The summed E-state index contributed by atoms with van der Waals surface area (Å²) in [6.45, 7) is 9.89. The van der Waals surface area contributed by atoms with E-state index in [0.29, 0.717) is 39.5 Å². The Labute approximate surface area is 369 Å². The van der Waals surface area contributed by atoms with Crippen LogP contribution < -0.4 is 36.0 Å². The van der Waals surface area contributed by atoms with Crippen molar-refractivity contribution in [1.29, 1.82) is 0 Å². The minimum atomic E-state index is -0.986. The number of piperidine rings is 3. The molecule has 1 atom stereocenters. The van der Waals surface area contributed by atoms with Crippen LogP contribution >= 0.6 is 11.6 Å². The molecule has 4 saturated heterocycles. The average molecular weight is 879 g/mol. The summed E-state index contributed by atoms with van der Waals surface area (Å²) in [5, 5.41) is 9.24. The van der Waals surface area contributed by atoms with E-state index >= 15 is 0 Å². The van der Waals surface area contributed by atoms with E-state index in [1.165, 1.54) is 7.05 Å². The van der Waals surface area contributed by atoms with E-state index in [9.17, 15) is 28.8 Å². The van der Waals surface area contributed by atoms with Crippen molar-refractivity contribution in [2.75, 3.05) is 74.6 Å². The van der Waals surface area contributed by atoms with Crippen molar-refractivity contribution >= 4 is 75.2 Å². The molecule has 0 radical (unpaired) electrons. The number of benzene rings is 2. The predicted octanol–water partition coefficient (Wildman–Crippen LogP) is 4.11. The van der Waals surface area contributed by atoms with Crippen LogP contribution in [0.4, 0.5) is 23.1 Å². The maximum Gasteiger partial charge on any atom is 0.293 e. The van der Waals surface area contributed by atoms with E-state index < -0.39 is 29.7 Å². The summed E-state index contributed by atoms with van der Waals surface area (Å²) < 4.78 is 7.27. The molecule has 0 aliphatic carbocycles. The predicted molar refractivity (Wildman–Crippen MR) is 237 cm³/mol. The van der Waals surface area contributed by atoms with Crippen molar-refractivity contribution in [3.8, 4) is 5.75 Å². The summed E-state index contributed by atoms with van der Waals surface area (Å²) in [4.78, 5) is 94.0. The van der Waals surface area contributed by atoms with Crippen molar-refractivity contribution in [3.05, 3.63) is 75.2 Å². The fourth-order valence-corrected chi connectivity index (χ4v) is 10.1. The first-order valence-electron chi connectivity index (χ1n) is 21.7. The van der Waals surface area contributed by atoms with Gasteiger partial charge in [0.1, 0.15) is 11.1 Å². The van der Waals surface area contributed by atoms with Crippen molar-refractivity contribution in [2.45, 2.75) is 64.5 Å². The van der Waals surface area contributed by atoms with E-state index in [4.69, 9.17) is 21.3 Å². The maximum absolute atomic E-state index is 13.7. The molecule has 330 valence electrons. The topological polar surface area (TPSA) is 191 Å². The molecule has 5 amide bonds. The number of aromatic nitrogens is 3. The van der Waals surface area contributed by atoms with Gasteiger partial charge >= 0.3 is 0 Å². The third-order valence-corrected chi connectivity index (χ3v) is 13.6. The first-order chi connectivity index (χ1) is 30.3. The number of halogens is 1. The van der Waals surface area contributed by atoms with Crippen LogP contribution in [0.2, 0.25) is 5.02 Å². The van der Waals surface area contributed by atoms with Gasteiger partial charge in [0.05, 0.1) is 28.5 Å². The number of fused-ring (bicyclic) bond motifs is 2. The summed E-state index contributed by atoms with van der Waals surface area (Å²) in [6.07, 6.45) is 5.84. The Bertz CT molecular complexity index is 2570. The second-order valence-corrected chi connectivity index (χ2v) is 18.1. The number of pyridine rings is 1. The maximum atomic E-state index is 13.7. The van der Waals surface area contributed by atoms with Gasteiger partial charge in [-0.25, -0.2) is 4.98 Å². The number of rotatable bonds is 11. The third kappa shape index (κ3) is 8.08. The lowest BCUT2D eigenvalue weighted by atomic mass is 9.71. The molecule has 4 aromatic rings. The van der Waals surface area contributed by atoms with Gasteiger partial charge in [-0.2, -0.15) is 4.98 Å². The van der Waals surface area contributed by atoms with Gasteiger partial charge in [-0.05, 0) is 93.7 Å². The molecule has 0 saturated carbocycles. The summed E-state index contributed by atoms with van der Waals surface area (Å²) in [7, 11) is 1.51. The molecular weight excluding hydrogens is 828 g/mol. The van der Waals surface area contributed by atoms with E-state index in [2.05, 4.69) is 35.6 Å². The Morgan fingerprint density at radius 3 is 2.44 bits per heavy atom. The quantitative estimate of drug-likeness (QED) is 0.183. The van der Waals surface area contributed by atoms with E-state index in [1.54, 1.807) is 29.0 Å². The molecule has 4 fully saturated rings. The van der Waals surface area contributed by atoms with Gasteiger partial charge < -0.3 is 34.6 Å². The van der Waals surface area contributed by atoms with Gasteiger partial charge in [0.2, 0.25) is 17.8 Å². The highest BCUT2D eigenvalue weighted by Gasteiger charge is 2.48. The monoisotopic (exact) mass is 878 g/mol. The minimum Gasteiger partial charge on any atom is -0.478 e. The summed E-state index contributed by atoms with van der Waals surface area (Å²) >= 11 is 6.61. The molecule has 1 spiro atoms. The molecule has 3 N–H and O–H groups in total. The number of nitrogens with zero attached hydrogens (tertiary/aromatic N) is 7. The third-order valence-electron chi connectivity index (χ3n) is 13.3. The number of hydrogen-bond acceptors (Lipinski definition) is 13. The first kappa shape index (κ1) is 42.2. The van der Waals surface area contributed by atoms with Crippen LogP contribution in [0.15, 0.2) is 53.5 Å². The van der Waals surface area contributed by atoms with Crippen molar-refractivity contribution in [1.82, 2.24) is 35.0 Å². The molecule has 63 heavy (non-hydrogen) atoms. The molecule has 0 bridgehead atoms. The zero-order valence-corrected chi connectivity index (χ0v) is 36.4. The SMILES string of the molecule is CNC(=O)COc1cc2cc(Nc3nc(N4CCC(CN5CC6(CCN(c7cccc8c7C(=O)N(C7CCC(=O)NC7=O)C8=O)CC6)C5)CC4)ncc3Cl)ccc2n(C(C)C)c1=O. The number of anilines is 4. The number of likely N-dealkylation sites (N-methyl/N-ethyl adjacent to an activating group) is 1. The van der Waals surface area contributed by atoms with Crippen LogP contribution in [0.3, 0.4) is 0 Å². The van der Waals surface area contributed by atoms with Crippen molar-refractivity contribution in [2.24, 2.45) is 11.3 Å². The number of ether oxygens (including phenoxy) is 1. The molecule has 9 rings (SSSR count). The van der Waals surface area contributed by atoms with Crippen LogP contribution in [0.1, 0.15) is 79.1 Å². The standard InChI is InChI=1S/C45H51ClN10O7/c1-26(2)55-32-8-7-29(19-28(32)20-35(42(55)61)63-23-37(58)47-3)49-39-31(46)21-48-44(51-39)54-15-11-27(12-16-54)22-52-24-45(25-52)13-17-53(18-14-45)33-6-4-5-30-38(33)43(62)56(41(30)60)34-9-10-36(57)50-40(34)59/h4-8,19-21,26-27,34H,9-18,22-25H2,1-3H3,(H,47,58)(H,48,49,51)(H,50,57,59). The number of hydrogen-bond donors (Lipinski definition) is 3. The lowest BCUT2D eigenvalue weighted by molar-refractivity contribution is -0.136. The summed E-state index contributed by atoms with van der Waals surface area (Å²) in [5.41, 5.74) is 2.77. The average Bonchev–Trinajstić information content (AvgIpc) is 3.51. The van der Waals surface area contributed by atoms with Crippen LogP contribution in [0.5, 0.6) is 5.75 Å². The van der Waals surface area contributed by atoms with Crippen LogP contribution in [-0.4, -0.2) is 119 Å². The summed E-state index contributed by atoms with van der Waals surface area (Å²) in [5.74, 6) is -0.563. The molecule has 2 aromatic carbocycles. The second-order valence-electron chi connectivity index (χ2n) is 17.7.